The number of nitrogens with two attached hydrogens (primary N) is 1. The van der Waals surface area contributed by atoms with Gasteiger partial charge in [-0.3, -0.25) is 0 Å². The van der Waals surface area contributed by atoms with Crippen molar-refractivity contribution in [2.45, 2.75) is 33.2 Å². The molecule has 0 saturated carbocycles. The standard InChI is InChI=1S/C16H21ClN4/c1-5-14-19-15(18)10(2)16(20-14)21(4)11(3)12-6-8-13(17)9-7-12/h6-9,11H,5H2,1-4H3,(H2,18,19,20). The van der Waals surface area contributed by atoms with E-state index in [-0.39, 0.29) is 6.04 Å². The second kappa shape index (κ2) is 6.31. The number of nitrogens with zero attached hydrogens (tertiary/aromatic N) is 3. The van der Waals surface area contributed by atoms with Gasteiger partial charge in [-0.25, -0.2) is 9.97 Å². The van der Waals surface area contributed by atoms with Crippen LogP contribution in [0.3, 0.4) is 0 Å². The van der Waals surface area contributed by atoms with Crippen LogP contribution in [0.25, 0.3) is 0 Å². The predicted octanol–water partition coefficient (Wildman–Crippen LogP) is 3.78. The third kappa shape index (κ3) is 3.27. The molecule has 1 aromatic heterocycles. The third-order valence-electron chi connectivity index (χ3n) is 3.79. The number of aromatic nitrogens is 2. The van der Waals surface area contributed by atoms with Crippen LogP contribution in [0.15, 0.2) is 24.3 Å². The van der Waals surface area contributed by atoms with E-state index in [1.54, 1.807) is 0 Å². The SMILES string of the molecule is CCc1nc(N)c(C)c(N(C)C(C)c2ccc(Cl)cc2)n1. The molecular weight excluding hydrogens is 284 g/mol. The van der Waals surface area contributed by atoms with E-state index in [9.17, 15) is 0 Å². The summed E-state index contributed by atoms with van der Waals surface area (Å²) in [5, 5.41) is 0.740. The Kier molecular flexibility index (Phi) is 4.68. The van der Waals surface area contributed by atoms with Crippen LogP contribution in [-0.4, -0.2) is 17.0 Å². The molecule has 1 unspecified atom stereocenters. The molecule has 2 rings (SSSR count). The van der Waals surface area contributed by atoms with Crippen LogP contribution >= 0.6 is 11.6 Å². The van der Waals surface area contributed by atoms with Gasteiger partial charge in [0.25, 0.3) is 0 Å². The van der Waals surface area contributed by atoms with Gasteiger partial charge in [0.1, 0.15) is 17.5 Å². The minimum Gasteiger partial charge on any atom is -0.383 e. The van der Waals surface area contributed by atoms with Crippen molar-refractivity contribution in [3.8, 4) is 0 Å². The lowest BCUT2D eigenvalue weighted by atomic mass is 10.1. The van der Waals surface area contributed by atoms with E-state index < -0.39 is 0 Å². The average Bonchev–Trinajstić information content (AvgIpc) is 2.49. The van der Waals surface area contributed by atoms with Crippen molar-refractivity contribution in [1.82, 2.24) is 9.97 Å². The molecule has 0 saturated heterocycles. The van der Waals surface area contributed by atoms with Crippen molar-refractivity contribution < 1.29 is 0 Å². The third-order valence-corrected chi connectivity index (χ3v) is 4.04. The van der Waals surface area contributed by atoms with Crippen LogP contribution in [0.5, 0.6) is 0 Å². The molecule has 1 heterocycles. The van der Waals surface area contributed by atoms with Crippen molar-refractivity contribution in [1.29, 1.82) is 0 Å². The van der Waals surface area contributed by atoms with Gasteiger partial charge < -0.3 is 10.6 Å². The van der Waals surface area contributed by atoms with Crippen molar-refractivity contribution in [2.75, 3.05) is 17.7 Å². The van der Waals surface area contributed by atoms with Crippen molar-refractivity contribution in [2.24, 2.45) is 0 Å². The molecule has 0 fully saturated rings. The van der Waals surface area contributed by atoms with E-state index in [4.69, 9.17) is 17.3 Å². The highest BCUT2D eigenvalue weighted by Gasteiger charge is 2.18. The molecule has 0 bridgehead atoms. The quantitative estimate of drug-likeness (QED) is 0.934. The summed E-state index contributed by atoms with van der Waals surface area (Å²) in [5.74, 6) is 2.19. The highest BCUT2D eigenvalue weighted by atomic mass is 35.5. The average molecular weight is 305 g/mol. The first-order valence-corrected chi connectivity index (χ1v) is 7.43. The Hall–Kier alpha value is -1.81. The van der Waals surface area contributed by atoms with Crippen LogP contribution in [-0.2, 0) is 6.42 Å². The summed E-state index contributed by atoms with van der Waals surface area (Å²) in [6.07, 6.45) is 0.765. The van der Waals surface area contributed by atoms with Gasteiger partial charge in [0.05, 0.1) is 6.04 Å². The first kappa shape index (κ1) is 15.6. The number of hydrogen-bond donors (Lipinski definition) is 1. The number of rotatable bonds is 4. The summed E-state index contributed by atoms with van der Waals surface area (Å²) < 4.78 is 0. The van der Waals surface area contributed by atoms with Crippen molar-refractivity contribution in [3.63, 3.8) is 0 Å². The van der Waals surface area contributed by atoms with E-state index >= 15 is 0 Å². The van der Waals surface area contributed by atoms with E-state index in [0.717, 1.165) is 28.6 Å². The molecule has 21 heavy (non-hydrogen) atoms. The lowest BCUT2D eigenvalue weighted by molar-refractivity contribution is 0.719. The van der Waals surface area contributed by atoms with Crippen molar-refractivity contribution >= 4 is 23.2 Å². The number of aryl methyl sites for hydroxylation is 1. The molecule has 112 valence electrons. The first-order valence-electron chi connectivity index (χ1n) is 7.05. The monoisotopic (exact) mass is 304 g/mol. The van der Waals surface area contributed by atoms with Gasteiger partial charge in [0.15, 0.2) is 0 Å². The largest absolute Gasteiger partial charge is 0.383 e. The molecule has 5 heteroatoms. The smallest absolute Gasteiger partial charge is 0.137 e. The molecule has 1 aromatic carbocycles. The fraction of sp³-hybridized carbons (Fsp3) is 0.375. The van der Waals surface area contributed by atoms with Gasteiger partial charge in [0, 0.05) is 24.1 Å². The molecular formula is C16H21ClN4. The van der Waals surface area contributed by atoms with Gasteiger partial charge in [-0.05, 0) is 31.5 Å². The van der Waals surface area contributed by atoms with E-state index in [0.29, 0.717) is 5.82 Å². The maximum absolute atomic E-state index is 6.00. The zero-order valence-electron chi connectivity index (χ0n) is 12.9. The highest BCUT2D eigenvalue weighted by molar-refractivity contribution is 6.30. The molecule has 0 aliphatic carbocycles. The van der Waals surface area contributed by atoms with Crippen LogP contribution in [0, 0.1) is 6.92 Å². The maximum Gasteiger partial charge on any atom is 0.137 e. The Morgan fingerprint density at radius 3 is 2.43 bits per heavy atom. The van der Waals surface area contributed by atoms with E-state index in [1.165, 1.54) is 5.56 Å². The number of benzene rings is 1. The molecule has 4 nitrogen and oxygen atoms in total. The maximum atomic E-state index is 6.00. The van der Waals surface area contributed by atoms with Crippen LogP contribution in [0.2, 0.25) is 5.02 Å². The highest BCUT2D eigenvalue weighted by Crippen LogP contribution is 2.29. The van der Waals surface area contributed by atoms with Gasteiger partial charge in [-0.2, -0.15) is 0 Å². The number of hydrogen-bond acceptors (Lipinski definition) is 4. The number of nitrogen functional groups attached to an aromatic ring is 1. The summed E-state index contributed by atoms with van der Waals surface area (Å²) in [6, 6.07) is 8.04. The van der Waals surface area contributed by atoms with Gasteiger partial charge in [-0.15, -0.1) is 0 Å². The molecule has 0 aliphatic rings. The van der Waals surface area contributed by atoms with Crippen LogP contribution in [0.1, 0.15) is 36.8 Å². The molecule has 0 spiro atoms. The second-order valence-corrected chi connectivity index (χ2v) is 5.60. The van der Waals surface area contributed by atoms with Gasteiger partial charge in [-0.1, -0.05) is 30.7 Å². The Balaban J connectivity index is 2.37. The van der Waals surface area contributed by atoms with E-state index in [1.807, 2.05) is 45.2 Å². The lowest BCUT2D eigenvalue weighted by Crippen LogP contribution is -2.24. The number of halogens is 1. The Labute approximate surface area is 131 Å². The summed E-state index contributed by atoms with van der Waals surface area (Å²) in [4.78, 5) is 11.0. The summed E-state index contributed by atoms with van der Waals surface area (Å²) in [7, 11) is 2.02. The second-order valence-electron chi connectivity index (χ2n) is 5.17. The lowest BCUT2D eigenvalue weighted by Gasteiger charge is -2.28. The molecule has 2 N–H and O–H groups in total. The molecule has 0 amide bonds. The van der Waals surface area contributed by atoms with Crippen LogP contribution < -0.4 is 10.6 Å². The topological polar surface area (TPSA) is 55.0 Å². The zero-order chi connectivity index (χ0) is 15.6. The molecule has 0 radical (unpaired) electrons. The summed E-state index contributed by atoms with van der Waals surface area (Å²) >= 11 is 5.95. The number of anilines is 2. The van der Waals surface area contributed by atoms with Gasteiger partial charge in [0.2, 0.25) is 0 Å². The molecule has 0 aliphatic heterocycles. The first-order chi connectivity index (χ1) is 9.93. The molecule has 1 atom stereocenters. The summed E-state index contributed by atoms with van der Waals surface area (Å²) in [6.45, 7) is 6.11. The summed E-state index contributed by atoms with van der Waals surface area (Å²) in [5.41, 5.74) is 8.09. The fourth-order valence-electron chi connectivity index (χ4n) is 2.22. The normalized spacial score (nSPS) is 12.2. The van der Waals surface area contributed by atoms with Crippen LogP contribution in [0.4, 0.5) is 11.6 Å². The molecule has 2 aromatic rings. The minimum absolute atomic E-state index is 0.167. The van der Waals surface area contributed by atoms with Crippen molar-refractivity contribution in [3.05, 3.63) is 46.2 Å². The Morgan fingerprint density at radius 1 is 1.24 bits per heavy atom. The van der Waals surface area contributed by atoms with E-state index in [2.05, 4.69) is 21.8 Å². The minimum atomic E-state index is 0.167. The Morgan fingerprint density at radius 2 is 1.86 bits per heavy atom. The fourth-order valence-corrected chi connectivity index (χ4v) is 2.34. The Bertz CT molecular complexity index is 625. The zero-order valence-corrected chi connectivity index (χ0v) is 13.6. The van der Waals surface area contributed by atoms with Gasteiger partial charge >= 0.3 is 0 Å². The predicted molar refractivity (Wildman–Crippen MR) is 88.8 cm³/mol.